The number of Topliss-reactive ketones (excluding diaryl/α,β-unsaturated/α-hetero) is 1. The Morgan fingerprint density at radius 2 is 1.62 bits per heavy atom. The molecule has 0 fully saturated rings. The minimum Gasteiger partial charge on any atom is -0.469 e. The van der Waals surface area contributed by atoms with E-state index in [-0.39, 0.29) is 24.0 Å². The average Bonchev–Trinajstić information content (AvgIpc) is 2.73. The first-order chi connectivity index (χ1) is 15.0. The summed E-state index contributed by atoms with van der Waals surface area (Å²) in [4.78, 5) is 36.1. The number of ether oxygens (including phenoxy) is 2. The van der Waals surface area contributed by atoms with E-state index in [1.54, 1.807) is 6.92 Å². The highest BCUT2D eigenvalue weighted by atomic mass is 16.5. The van der Waals surface area contributed by atoms with Crippen molar-refractivity contribution in [3.05, 3.63) is 70.9 Å². The molecule has 1 aliphatic carbocycles. The van der Waals surface area contributed by atoms with E-state index in [2.05, 4.69) is 4.74 Å². The summed E-state index contributed by atoms with van der Waals surface area (Å²) in [5.74, 6) is -1.25. The molecule has 0 spiro atoms. The lowest BCUT2D eigenvalue weighted by molar-refractivity contribution is -0.157. The first-order valence-corrected chi connectivity index (χ1v) is 10.9. The Bertz CT molecular complexity index is 891. The average molecular weight is 441 g/mol. The van der Waals surface area contributed by atoms with Gasteiger partial charge < -0.3 is 9.47 Å². The first kappa shape index (κ1) is 27.1. The van der Waals surface area contributed by atoms with Crippen molar-refractivity contribution in [2.75, 3.05) is 7.11 Å². The van der Waals surface area contributed by atoms with Gasteiger partial charge in [0, 0.05) is 6.42 Å². The Kier molecular flexibility index (Phi) is 10.8. The molecule has 0 aromatic heterocycles. The summed E-state index contributed by atoms with van der Waals surface area (Å²) in [6.45, 7) is 11.9. The number of rotatable bonds is 9. The minimum atomic E-state index is -0.834. The largest absolute Gasteiger partial charge is 0.469 e. The maximum Gasteiger partial charge on any atom is 0.307 e. The lowest BCUT2D eigenvalue weighted by Crippen LogP contribution is -2.39. The number of carbonyl (C=O) groups excluding carboxylic acids is 3. The van der Waals surface area contributed by atoms with Gasteiger partial charge in [0.05, 0.1) is 20.0 Å². The van der Waals surface area contributed by atoms with Gasteiger partial charge in [0.1, 0.15) is 0 Å². The smallest absolute Gasteiger partial charge is 0.307 e. The van der Waals surface area contributed by atoms with Crippen molar-refractivity contribution in [1.82, 2.24) is 0 Å². The molecule has 0 bridgehead atoms. The van der Waals surface area contributed by atoms with Crippen LogP contribution >= 0.6 is 0 Å². The molecule has 1 atom stereocenters. The molecule has 0 heterocycles. The number of hydrogen-bond donors (Lipinski definition) is 0. The van der Waals surface area contributed by atoms with Gasteiger partial charge in [0.25, 0.3) is 0 Å². The maximum atomic E-state index is 12.8. The number of ketones is 1. The number of esters is 2. The fraction of sp³-hybridized carbons (Fsp3) is 0.444. The first-order valence-electron chi connectivity index (χ1n) is 10.9. The third kappa shape index (κ3) is 8.66. The molecular formula is C27H36O5. The van der Waals surface area contributed by atoms with Crippen LogP contribution in [0.1, 0.15) is 60.8 Å². The van der Waals surface area contributed by atoms with Crippen LogP contribution in [0.25, 0.3) is 0 Å². The van der Waals surface area contributed by atoms with Gasteiger partial charge in [-0.05, 0) is 44.3 Å². The summed E-state index contributed by atoms with van der Waals surface area (Å²) in [7, 11) is 1.26. The predicted molar refractivity (Wildman–Crippen MR) is 128 cm³/mol. The van der Waals surface area contributed by atoms with E-state index in [1.807, 2.05) is 83.2 Å². The number of allylic oxidation sites excluding steroid dienone is 11. The summed E-state index contributed by atoms with van der Waals surface area (Å²) in [5, 5.41) is 0. The number of hydrogen-bond acceptors (Lipinski definition) is 5. The molecule has 5 heteroatoms. The highest BCUT2D eigenvalue weighted by Gasteiger charge is 2.39. The van der Waals surface area contributed by atoms with E-state index in [0.717, 1.165) is 16.7 Å². The molecule has 0 aromatic rings. The molecule has 0 saturated heterocycles. The number of carbonyl (C=O) groups is 3. The normalized spacial score (nSPS) is 20.0. The predicted octanol–water partition coefficient (Wildman–Crippen LogP) is 5.75. The van der Waals surface area contributed by atoms with E-state index >= 15 is 0 Å². The van der Waals surface area contributed by atoms with E-state index in [4.69, 9.17) is 4.74 Å². The molecule has 0 N–H and O–H groups in total. The molecule has 1 aliphatic rings. The lowest BCUT2D eigenvalue weighted by Gasteiger charge is -2.36. The fourth-order valence-corrected chi connectivity index (χ4v) is 3.44. The van der Waals surface area contributed by atoms with Gasteiger partial charge in [-0.3, -0.25) is 14.4 Å². The number of methoxy groups -OCH3 is 1. The van der Waals surface area contributed by atoms with Gasteiger partial charge in [0.2, 0.25) is 0 Å². The van der Waals surface area contributed by atoms with Crippen LogP contribution < -0.4 is 0 Å². The second-order valence-corrected chi connectivity index (χ2v) is 8.59. The molecule has 0 aliphatic heterocycles. The molecule has 1 rings (SSSR count). The Labute approximate surface area is 192 Å². The van der Waals surface area contributed by atoms with Crippen LogP contribution in [0.2, 0.25) is 0 Å². The standard InChI is InChI=1S/C27H36O5/c1-8-9-11-19(2)12-10-13-20(3)14-15-22-21(4)26(30)23(18-27(22,5)6)32-25(29)17-16-24(28)31-7/h8-15,23H,16-18H2,1-7H3. The molecule has 32 heavy (non-hydrogen) atoms. The summed E-state index contributed by atoms with van der Waals surface area (Å²) in [6.07, 6.45) is 15.4. The van der Waals surface area contributed by atoms with Crippen LogP contribution in [0, 0.1) is 5.41 Å². The van der Waals surface area contributed by atoms with Crippen LogP contribution in [0.4, 0.5) is 0 Å². The zero-order chi connectivity index (χ0) is 24.3. The van der Waals surface area contributed by atoms with Crippen LogP contribution in [0.15, 0.2) is 70.9 Å². The minimum absolute atomic E-state index is 0.0624. The molecule has 1 unspecified atom stereocenters. The summed E-state index contributed by atoms with van der Waals surface area (Å²) >= 11 is 0. The van der Waals surface area contributed by atoms with E-state index in [9.17, 15) is 14.4 Å². The van der Waals surface area contributed by atoms with Crippen molar-refractivity contribution >= 4 is 17.7 Å². The van der Waals surface area contributed by atoms with E-state index in [1.165, 1.54) is 7.11 Å². The SMILES string of the molecule is CC=CC=C(C)C=CC=C(C)C=CC1=C(C)C(=O)C(OC(=O)CCC(=O)OC)CC1(C)C. The van der Waals surface area contributed by atoms with Crippen molar-refractivity contribution in [1.29, 1.82) is 0 Å². The summed E-state index contributed by atoms with van der Waals surface area (Å²) in [5.41, 5.74) is 3.40. The Morgan fingerprint density at radius 3 is 2.25 bits per heavy atom. The van der Waals surface area contributed by atoms with Crippen molar-refractivity contribution in [3.8, 4) is 0 Å². The topological polar surface area (TPSA) is 69.7 Å². The lowest BCUT2D eigenvalue weighted by atomic mass is 9.71. The molecule has 0 amide bonds. The summed E-state index contributed by atoms with van der Waals surface area (Å²) < 4.78 is 9.93. The summed E-state index contributed by atoms with van der Waals surface area (Å²) in [6, 6.07) is 0. The van der Waals surface area contributed by atoms with Crippen molar-refractivity contribution < 1.29 is 23.9 Å². The van der Waals surface area contributed by atoms with Crippen LogP contribution in [-0.4, -0.2) is 30.9 Å². The molecule has 0 radical (unpaired) electrons. The van der Waals surface area contributed by atoms with Crippen molar-refractivity contribution in [3.63, 3.8) is 0 Å². The monoisotopic (exact) mass is 440 g/mol. The van der Waals surface area contributed by atoms with Gasteiger partial charge in [-0.2, -0.15) is 0 Å². The van der Waals surface area contributed by atoms with Crippen LogP contribution in [0.3, 0.4) is 0 Å². The molecular weight excluding hydrogens is 404 g/mol. The third-order valence-corrected chi connectivity index (χ3v) is 5.31. The van der Waals surface area contributed by atoms with Gasteiger partial charge in [-0.1, -0.05) is 73.6 Å². The Morgan fingerprint density at radius 1 is 1.03 bits per heavy atom. The zero-order valence-corrected chi connectivity index (χ0v) is 20.4. The van der Waals surface area contributed by atoms with Gasteiger partial charge in [0.15, 0.2) is 11.9 Å². The molecule has 5 nitrogen and oxygen atoms in total. The Balaban J connectivity index is 2.92. The Hall–Kier alpha value is -2.95. The fourth-order valence-electron chi connectivity index (χ4n) is 3.44. The van der Waals surface area contributed by atoms with Crippen molar-refractivity contribution in [2.24, 2.45) is 5.41 Å². The molecule has 174 valence electrons. The van der Waals surface area contributed by atoms with E-state index < -0.39 is 18.0 Å². The molecule has 0 saturated carbocycles. The van der Waals surface area contributed by atoms with Gasteiger partial charge in [-0.25, -0.2) is 0 Å². The third-order valence-electron chi connectivity index (χ3n) is 5.31. The highest BCUT2D eigenvalue weighted by Crippen LogP contribution is 2.40. The highest BCUT2D eigenvalue weighted by molar-refractivity contribution is 6.01. The van der Waals surface area contributed by atoms with Gasteiger partial charge in [-0.15, -0.1) is 0 Å². The van der Waals surface area contributed by atoms with Crippen LogP contribution in [0.5, 0.6) is 0 Å². The van der Waals surface area contributed by atoms with E-state index in [0.29, 0.717) is 12.0 Å². The maximum absolute atomic E-state index is 12.8. The second-order valence-electron chi connectivity index (χ2n) is 8.59. The second kappa shape index (κ2) is 12.8. The zero-order valence-electron chi connectivity index (χ0n) is 20.4. The quantitative estimate of drug-likeness (QED) is 0.337. The van der Waals surface area contributed by atoms with Gasteiger partial charge >= 0.3 is 11.9 Å². The van der Waals surface area contributed by atoms with Crippen LogP contribution in [-0.2, 0) is 23.9 Å². The molecule has 0 aromatic carbocycles. The van der Waals surface area contributed by atoms with Crippen molar-refractivity contribution in [2.45, 2.75) is 66.9 Å².